The number of rotatable bonds is 5. The number of nitrogens with one attached hydrogen (secondary N) is 1. The van der Waals surface area contributed by atoms with Crippen molar-refractivity contribution in [3.63, 3.8) is 0 Å². The highest BCUT2D eigenvalue weighted by Crippen LogP contribution is 2.23. The molecule has 6 heteroatoms. The van der Waals surface area contributed by atoms with Gasteiger partial charge in [0, 0.05) is 19.1 Å². The number of esters is 1. The molecule has 0 aliphatic carbocycles. The van der Waals surface area contributed by atoms with Crippen molar-refractivity contribution in [1.29, 1.82) is 0 Å². The third-order valence-corrected chi connectivity index (χ3v) is 3.35. The Labute approximate surface area is 112 Å². The quantitative estimate of drug-likeness (QED) is 0.813. The van der Waals surface area contributed by atoms with Gasteiger partial charge in [-0.1, -0.05) is 6.92 Å². The van der Waals surface area contributed by atoms with Crippen molar-refractivity contribution in [2.24, 2.45) is 5.92 Å². The Hall–Kier alpha value is -1.69. The summed E-state index contributed by atoms with van der Waals surface area (Å²) < 4.78 is 10.2. The predicted octanol–water partition coefficient (Wildman–Crippen LogP) is 1.49. The van der Waals surface area contributed by atoms with Gasteiger partial charge in [-0.05, 0) is 25.0 Å². The Kier molecular flexibility index (Phi) is 4.68. The molecular weight excluding hydrogens is 246 g/mol. The Morgan fingerprint density at radius 1 is 1.53 bits per heavy atom. The van der Waals surface area contributed by atoms with Gasteiger partial charge in [-0.25, -0.2) is 4.79 Å². The molecule has 0 saturated carbocycles. The molecule has 2 heterocycles. The molecule has 1 aliphatic rings. The molecule has 2 rings (SSSR count). The van der Waals surface area contributed by atoms with Crippen molar-refractivity contribution in [2.45, 2.75) is 25.9 Å². The molecule has 6 nitrogen and oxygen atoms in total. The molecule has 0 spiro atoms. The topological polar surface area (TPSA) is 73.3 Å². The van der Waals surface area contributed by atoms with Crippen LogP contribution in [0, 0.1) is 5.92 Å². The van der Waals surface area contributed by atoms with Crippen molar-refractivity contribution >= 4 is 11.8 Å². The van der Waals surface area contributed by atoms with Crippen LogP contribution in [-0.4, -0.2) is 42.5 Å². The summed E-state index contributed by atoms with van der Waals surface area (Å²) in [4.78, 5) is 11.2. The zero-order chi connectivity index (χ0) is 13.7. The highest BCUT2D eigenvalue weighted by atomic mass is 16.5. The van der Waals surface area contributed by atoms with E-state index in [0.29, 0.717) is 17.8 Å². The summed E-state index contributed by atoms with van der Waals surface area (Å²) in [7, 11) is 1.32. The van der Waals surface area contributed by atoms with Gasteiger partial charge in [0.2, 0.25) is 0 Å². The molecular formula is C13H19N3O3. The summed E-state index contributed by atoms with van der Waals surface area (Å²) in [6.45, 7) is 3.77. The summed E-state index contributed by atoms with van der Waals surface area (Å²) in [5.41, 5.74) is 0.212. The Morgan fingerprint density at radius 3 is 3.00 bits per heavy atom. The molecule has 104 valence electrons. The minimum atomic E-state index is -0.478. The summed E-state index contributed by atoms with van der Waals surface area (Å²) in [6.07, 6.45) is 2.42. The van der Waals surface area contributed by atoms with Gasteiger partial charge in [0.05, 0.1) is 13.2 Å². The average Bonchev–Trinajstić information content (AvgIpc) is 2.92. The number of methoxy groups -OCH3 is 1. The lowest BCUT2D eigenvalue weighted by molar-refractivity contribution is 0.0593. The second-order valence-electron chi connectivity index (χ2n) is 4.54. The van der Waals surface area contributed by atoms with E-state index in [1.54, 1.807) is 12.1 Å². The van der Waals surface area contributed by atoms with Crippen LogP contribution in [0.3, 0.4) is 0 Å². The largest absolute Gasteiger partial charge is 0.464 e. The van der Waals surface area contributed by atoms with Gasteiger partial charge in [-0.15, -0.1) is 10.2 Å². The van der Waals surface area contributed by atoms with Crippen molar-refractivity contribution in [3.8, 4) is 0 Å². The fraction of sp³-hybridized carbons (Fsp3) is 0.615. The van der Waals surface area contributed by atoms with Crippen molar-refractivity contribution in [2.75, 3.05) is 25.6 Å². The second kappa shape index (κ2) is 6.47. The highest BCUT2D eigenvalue weighted by Gasteiger charge is 2.26. The molecule has 0 amide bonds. The van der Waals surface area contributed by atoms with E-state index in [1.165, 1.54) is 7.11 Å². The highest BCUT2D eigenvalue weighted by molar-refractivity contribution is 5.86. The number of ether oxygens (including phenoxy) is 2. The minimum Gasteiger partial charge on any atom is -0.464 e. The van der Waals surface area contributed by atoms with Gasteiger partial charge in [-0.3, -0.25) is 0 Å². The third kappa shape index (κ3) is 3.41. The molecule has 0 aromatic carbocycles. The number of hydrogen-bond acceptors (Lipinski definition) is 6. The first-order valence-corrected chi connectivity index (χ1v) is 6.52. The first kappa shape index (κ1) is 13.7. The van der Waals surface area contributed by atoms with Crippen LogP contribution in [0.25, 0.3) is 0 Å². The summed E-state index contributed by atoms with van der Waals surface area (Å²) in [5, 5.41) is 11.0. The smallest absolute Gasteiger partial charge is 0.358 e. The van der Waals surface area contributed by atoms with Crippen LogP contribution in [0.2, 0.25) is 0 Å². The van der Waals surface area contributed by atoms with Crippen LogP contribution in [0.1, 0.15) is 30.3 Å². The number of hydrogen-bond donors (Lipinski definition) is 1. The van der Waals surface area contributed by atoms with E-state index in [-0.39, 0.29) is 5.69 Å². The monoisotopic (exact) mass is 265 g/mol. The number of nitrogens with zero attached hydrogens (tertiary/aromatic N) is 2. The van der Waals surface area contributed by atoms with E-state index in [9.17, 15) is 4.79 Å². The van der Waals surface area contributed by atoms with Gasteiger partial charge in [-0.2, -0.15) is 0 Å². The van der Waals surface area contributed by atoms with E-state index in [0.717, 1.165) is 26.0 Å². The van der Waals surface area contributed by atoms with Crippen LogP contribution in [0.4, 0.5) is 5.82 Å². The second-order valence-corrected chi connectivity index (χ2v) is 4.54. The Balaban J connectivity index is 1.88. The van der Waals surface area contributed by atoms with Crippen LogP contribution >= 0.6 is 0 Å². The molecule has 0 bridgehead atoms. The normalized spacial score (nSPS) is 22.2. The third-order valence-electron chi connectivity index (χ3n) is 3.35. The first-order valence-electron chi connectivity index (χ1n) is 6.52. The van der Waals surface area contributed by atoms with Gasteiger partial charge in [0.25, 0.3) is 0 Å². The lowest BCUT2D eigenvalue weighted by Gasteiger charge is -2.17. The molecule has 1 N–H and O–H groups in total. The molecule has 1 fully saturated rings. The number of anilines is 1. The molecule has 1 saturated heterocycles. The standard InChI is InChI=1S/C13H19N3O3/c1-3-11-9(6-7-19-11)8-14-12-5-4-10(15-16-12)13(17)18-2/h4-5,9,11H,3,6-8H2,1-2H3,(H,14,16). The van der Waals surface area contributed by atoms with E-state index < -0.39 is 5.97 Å². The summed E-state index contributed by atoms with van der Waals surface area (Å²) in [5.74, 6) is 0.691. The molecule has 2 unspecified atom stereocenters. The van der Waals surface area contributed by atoms with Crippen LogP contribution in [0.5, 0.6) is 0 Å². The summed E-state index contributed by atoms with van der Waals surface area (Å²) >= 11 is 0. The van der Waals surface area contributed by atoms with Crippen LogP contribution < -0.4 is 5.32 Å². The maximum atomic E-state index is 11.2. The SMILES string of the molecule is CCC1OCCC1CNc1ccc(C(=O)OC)nn1. The van der Waals surface area contributed by atoms with E-state index in [1.807, 2.05) is 0 Å². The number of aromatic nitrogens is 2. The lowest BCUT2D eigenvalue weighted by atomic mass is 10.00. The molecule has 19 heavy (non-hydrogen) atoms. The fourth-order valence-electron chi connectivity index (χ4n) is 2.25. The van der Waals surface area contributed by atoms with Crippen molar-refractivity contribution in [3.05, 3.63) is 17.8 Å². The predicted molar refractivity (Wildman–Crippen MR) is 70.0 cm³/mol. The van der Waals surface area contributed by atoms with E-state index in [4.69, 9.17) is 4.74 Å². The average molecular weight is 265 g/mol. The minimum absolute atomic E-state index is 0.212. The first-order chi connectivity index (χ1) is 9.24. The fourth-order valence-corrected chi connectivity index (χ4v) is 2.25. The maximum absolute atomic E-state index is 11.2. The zero-order valence-electron chi connectivity index (χ0n) is 11.3. The van der Waals surface area contributed by atoms with E-state index >= 15 is 0 Å². The lowest BCUT2D eigenvalue weighted by Crippen LogP contribution is -2.23. The number of carbonyl (C=O) groups excluding carboxylic acids is 1. The Morgan fingerprint density at radius 2 is 2.37 bits per heavy atom. The number of carbonyl (C=O) groups is 1. The van der Waals surface area contributed by atoms with Gasteiger partial charge < -0.3 is 14.8 Å². The van der Waals surface area contributed by atoms with Gasteiger partial charge in [0.15, 0.2) is 5.69 Å². The Bertz CT molecular complexity index is 422. The zero-order valence-corrected chi connectivity index (χ0v) is 11.3. The molecule has 1 aromatic heterocycles. The summed E-state index contributed by atoms with van der Waals surface area (Å²) in [6, 6.07) is 3.33. The van der Waals surface area contributed by atoms with Crippen LogP contribution in [0.15, 0.2) is 12.1 Å². The molecule has 0 radical (unpaired) electrons. The van der Waals surface area contributed by atoms with Gasteiger partial charge >= 0.3 is 5.97 Å². The maximum Gasteiger partial charge on any atom is 0.358 e. The van der Waals surface area contributed by atoms with Crippen molar-refractivity contribution < 1.29 is 14.3 Å². The van der Waals surface area contributed by atoms with Gasteiger partial charge in [0.1, 0.15) is 5.82 Å². The van der Waals surface area contributed by atoms with E-state index in [2.05, 4.69) is 27.2 Å². The van der Waals surface area contributed by atoms with Crippen molar-refractivity contribution in [1.82, 2.24) is 10.2 Å². The van der Waals surface area contributed by atoms with Crippen LogP contribution in [-0.2, 0) is 9.47 Å². The molecule has 1 aromatic rings. The molecule has 2 atom stereocenters. The molecule has 1 aliphatic heterocycles.